The number of nitrogen functional groups attached to an aromatic ring is 1. The molecule has 3 nitrogen and oxygen atoms in total. The quantitative estimate of drug-likeness (QED) is 0.881. The van der Waals surface area contributed by atoms with Gasteiger partial charge in [-0.15, -0.1) is 11.3 Å². The van der Waals surface area contributed by atoms with Gasteiger partial charge in [0.2, 0.25) is 0 Å². The lowest BCUT2D eigenvalue weighted by molar-refractivity contribution is 0.0950. The van der Waals surface area contributed by atoms with Crippen LogP contribution >= 0.6 is 11.3 Å². The molecule has 1 aromatic heterocycles. The average Bonchev–Trinajstić information content (AvgIpc) is 3.08. The molecule has 1 saturated carbocycles. The minimum absolute atomic E-state index is 0.0628. The maximum atomic E-state index is 12.3. The second-order valence-electron chi connectivity index (χ2n) is 5.42. The fourth-order valence-corrected chi connectivity index (χ4v) is 4.10. The zero-order chi connectivity index (χ0) is 12.7. The summed E-state index contributed by atoms with van der Waals surface area (Å²) in [7, 11) is 0. The van der Waals surface area contributed by atoms with Crippen LogP contribution in [0.4, 0.5) is 5.00 Å². The fourth-order valence-electron chi connectivity index (χ4n) is 2.91. The van der Waals surface area contributed by atoms with Gasteiger partial charge in [-0.3, -0.25) is 4.79 Å². The molecule has 2 aliphatic rings. The van der Waals surface area contributed by atoms with Crippen LogP contribution in [0.3, 0.4) is 0 Å². The third kappa shape index (κ3) is 2.03. The highest BCUT2D eigenvalue weighted by molar-refractivity contribution is 7.16. The Balaban J connectivity index is 1.96. The molecule has 98 valence electrons. The molecular weight excluding hydrogens is 244 g/mol. The molecule has 1 atom stereocenters. The maximum absolute atomic E-state index is 12.3. The van der Waals surface area contributed by atoms with E-state index in [1.54, 1.807) is 11.3 Å². The van der Waals surface area contributed by atoms with E-state index in [1.807, 2.05) is 0 Å². The highest BCUT2D eigenvalue weighted by Gasteiger charge is 2.32. The van der Waals surface area contributed by atoms with Crippen molar-refractivity contribution in [2.24, 2.45) is 0 Å². The van der Waals surface area contributed by atoms with Crippen LogP contribution in [0.25, 0.3) is 0 Å². The molecule has 0 saturated heterocycles. The first-order valence-electron chi connectivity index (χ1n) is 6.92. The van der Waals surface area contributed by atoms with Gasteiger partial charge < -0.3 is 11.1 Å². The van der Waals surface area contributed by atoms with E-state index in [9.17, 15) is 4.79 Å². The van der Waals surface area contributed by atoms with Gasteiger partial charge in [0.25, 0.3) is 5.91 Å². The Hall–Kier alpha value is -1.03. The van der Waals surface area contributed by atoms with Gasteiger partial charge in [-0.1, -0.05) is 6.92 Å². The summed E-state index contributed by atoms with van der Waals surface area (Å²) in [5.74, 6) is 0.593. The predicted octanol–water partition coefficient (Wildman–Crippen LogP) is 3.05. The van der Waals surface area contributed by atoms with E-state index in [1.165, 1.54) is 23.3 Å². The number of carbonyl (C=O) groups is 1. The SMILES string of the molecule is CCC1CCCc2sc(N)c(C(=O)NC3CC3)c21. The predicted molar refractivity (Wildman–Crippen MR) is 75.2 cm³/mol. The molecule has 0 aliphatic heterocycles. The Morgan fingerprint density at radius 3 is 2.89 bits per heavy atom. The Morgan fingerprint density at radius 1 is 1.44 bits per heavy atom. The monoisotopic (exact) mass is 264 g/mol. The van der Waals surface area contributed by atoms with Crippen molar-refractivity contribution < 1.29 is 4.79 Å². The highest BCUT2D eigenvalue weighted by atomic mass is 32.1. The number of anilines is 1. The lowest BCUT2D eigenvalue weighted by Crippen LogP contribution is -2.27. The number of hydrogen-bond donors (Lipinski definition) is 2. The van der Waals surface area contributed by atoms with Crippen LogP contribution in [0.5, 0.6) is 0 Å². The average molecular weight is 264 g/mol. The van der Waals surface area contributed by atoms with E-state index < -0.39 is 0 Å². The summed E-state index contributed by atoms with van der Waals surface area (Å²) in [4.78, 5) is 13.7. The van der Waals surface area contributed by atoms with Crippen molar-refractivity contribution in [3.63, 3.8) is 0 Å². The Kier molecular flexibility index (Phi) is 3.06. The minimum Gasteiger partial charge on any atom is -0.390 e. The first-order chi connectivity index (χ1) is 8.70. The minimum atomic E-state index is 0.0628. The molecule has 1 aromatic rings. The van der Waals surface area contributed by atoms with Crippen molar-refractivity contribution in [3.8, 4) is 0 Å². The van der Waals surface area contributed by atoms with Gasteiger partial charge in [0.15, 0.2) is 0 Å². The summed E-state index contributed by atoms with van der Waals surface area (Å²) >= 11 is 1.63. The molecule has 4 heteroatoms. The van der Waals surface area contributed by atoms with Gasteiger partial charge in [0, 0.05) is 10.9 Å². The van der Waals surface area contributed by atoms with Gasteiger partial charge in [-0.05, 0) is 50.0 Å². The number of fused-ring (bicyclic) bond motifs is 1. The number of aryl methyl sites for hydroxylation is 1. The van der Waals surface area contributed by atoms with Gasteiger partial charge in [-0.2, -0.15) is 0 Å². The van der Waals surface area contributed by atoms with E-state index in [4.69, 9.17) is 5.73 Å². The summed E-state index contributed by atoms with van der Waals surface area (Å²) in [6.45, 7) is 2.20. The van der Waals surface area contributed by atoms with Gasteiger partial charge >= 0.3 is 0 Å². The number of nitrogens with two attached hydrogens (primary N) is 1. The van der Waals surface area contributed by atoms with E-state index in [0.29, 0.717) is 12.0 Å². The van der Waals surface area contributed by atoms with Crippen molar-refractivity contribution in [1.82, 2.24) is 5.32 Å². The number of nitrogens with one attached hydrogen (secondary N) is 1. The molecule has 0 radical (unpaired) electrons. The zero-order valence-corrected chi connectivity index (χ0v) is 11.6. The standard InChI is InChI=1S/C14H20N2OS/c1-2-8-4-3-5-10-11(8)12(13(15)18-10)14(17)16-9-6-7-9/h8-9H,2-7,15H2,1H3,(H,16,17). The third-order valence-electron chi connectivity index (χ3n) is 4.05. The molecule has 1 unspecified atom stereocenters. The van der Waals surface area contributed by atoms with Crippen LogP contribution in [-0.2, 0) is 6.42 Å². The summed E-state index contributed by atoms with van der Waals surface area (Å²) in [6, 6.07) is 0.399. The lowest BCUT2D eigenvalue weighted by atomic mass is 9.83. The number of amides is 1. The van der Waals surface area contributed by atoms with Crippen molar-refractivity contribution >= 4 is 22.2 Å². The fraction of sp³-hybridized carbons (Fsp3) is 0.643. The molecule has 18 heavy (non-hydrogen) atoms. The molecule has 0 spiro atoms. The van der Waals surface area contributed by atoms with Crippen LogP contribution < -0.4 is 11.1 Å². The normalized spacial score (nSPS) is 22.6. The molecule has 1 fully saturated rings. The molecule has 2 aliphatic carbocycles. The first-order valence-corrected chi connectivity index (χ1v) is 7.74. The molecule has 1 amide bonds. The van der Waals surface area contributed by atoms with Crippen molar-refractivity contribution in [1.29, 1.82) is 0 Å². The van der Waals surface area contributed by atoms with Crippen molar-refractivity contribution in [2.45, 2.75) is 57.4 Å². The molecule has 3 N–H and O–H groups in total. The molecule has 1 heterocycles. The number of rotatable bonds is 3. The smallest absolute Gasteiger partial charge is 0.254 e. The van der Waals surface area contributed by atoms with E-state index in [2.05, 4.69) is 12.2 Å². The molecular formula is C14H20N2OS. The maximum Gasteiger partial charge on any atom is 0.254 e. The largest absolute Gasteiger partial charge is 0.390 e. The van der Waals surface area contributed by atoms with E-state index in [-0.39, 0.29) is 5.91 Å². The summed E-state index contributed by atoms with van der Waals surface area (Å²) < 4.78 is 0. The van der Waals surface area contributed by atoms with Crippen LogP contribution in [0.2, 0.25) is 0 Å². The third-order valence-corrected chi connectivity index (χ3v) is 5.14. The zero-order valence-electron chi connectivity index (χ0n) is 10.8. The molecule has 0 bridgehead atoms. The topological polar surface area (TPSA) is 55.1 Å². The second kappa shape index (κ2) is 4.57. The Labute approximate surface area is 112 Å². The van der Waals surface area contributed by atoms with Crippen LogP contribution in [0, 0.1) is 0 Å². The number of thiophene rings is 1. The second-order valence-corrected chi connectivity index (χ2v) is 6.56. The number of carbonyl (C=O) groups excluding carboxylic acids is 1. The Bertz CT molecular complexity index is 476. The summed E-state index contributed by atoms with van der Waals surface area (Å²) in [5.41, 5.74) is 8.16. The molecule has 0 aromatic carbocycles. The van der Waals surface area contributed by atoms with E-state index in [0.717, 1.165) is 36.2 Å². The van der Waals surface area contributed by atoms with E-state index >= 15 is 0 Å². The Morgan fingerprint density at radius 2 is 2.22 bits per heavy atom. The van der Waals surface area contributed by atoms with Gasteiger partial charge in [0.05, 0.1) is 10.6 Å². The van der Waals surface area contributed by atoms with Crippen LogP contribution in [-0.4, -0.2) is 11.9 Å². The van der Waals surface area contributed by atoms with Gasteiger partial charge in [0.1, 0.15) is 0 Å². The molecule has 3 rings (SSSR count). The summed E-state index contributed by atoms with van der Waals surface area (Å²) in [6.07, 6.45) is 6.87. The summed E-state index contributed by atoms with van der Waals surface area (Å²) in [5, 5.41) is 3.80. The first kappa shape index (κ1) is 12.0. The van der Waals surface area contributed by atoms with Crippen molar-refractivity contribution in [2.75, 3.05) is 5.73 Å². The highest BCUT2D eigenvalue weighted by Crippen LogP contribution is 2.43. The van der Waals surface area contributed by atoms with Gasteiger partial charge in [-0.25, -0.2) is 0 Å². The number of hydrogen-bond acceptors (Lipinski definition) is 3. The van der Waals surface area contributed by atoms with Crippen LogP contribution in [0.1, 0.15) is 65.7 Å². The lowest BCUT2D eigenvalue weighted by Gasteiger charge is -2.22. The van der Waals surface area contributed by atoms with Crippen molar-refractivity contribution in [3.05, 3.63) is 16.0 Å². The van der Waals surface area contributed by atoms with Crippen LogP contribution in [0.15, 0.2) is 0 Å².